The molecule has 0 amide bonds. The molecule has 0 atom stereocenters. The van der Waals surface area contributed by atoms with Crippen LogP contribution in [0.25, 0.3) is 0 Å². The molecule has 0 spiro atoms. The van der Waals surface area contributed by atoms with E-state index in [1.807, 2.05) is 24.3 Å². The summed E-state index contributed by atoms with van der Waals surface area (Å²) in [6.07, 6.45) is 1.76. The van der Waals surface area contributed by atoms with Gasteiger partial charge in [-0.25, -0.2) is 0 Å². The number of hydrogen-bond acceptors (Lipinski definition) is 3. The number of nitrogens with two attached hydrogens (primary N) is 1. The van der Waals surface area contributed by atoms with Crippen LogP contribution in [0.5, 0.6) is 5.75 Å². The van der Waals surface area contributed by atoms with Crippen LogP contribution >= 0.6 is 0 Å². The minimum atomic E-state index is -0.0299. The van der Waals surface area contributed by atoms with Crippen molar-refractivity contribution in [1.82, 2.24) is 4.57 Å². The average molecular weight is 244 g/mol. The molecule has 2 aromatic rings. The summed E-state index contributed by atoms with van der Waals surface area (Å²) in [5.74, 6) is 0.767. The Labute approximate surface area is 106 Å². The number of nitrogens with zero attached hydrogens (tertiary/aromatic N) is 1. The number of aromatic nitrogens is 1. The van der Waals surface area contributed by atoms with Gasteiger partial charge in [-0.2, -0.15) is 0 Å². The van der Waals surface area contributed by atoms with Crippen molar-refractivity contribution < 1.29 is 4.74 Å². The van der Waals surface area contributed by atoms with Crippen molar-refractivity contribution in [3.8, 4) is 5.75 Å². The third-order valence-corrected chi connectivity index (χ3v) is 2.82. The maximum absolute atomic E-state index is 11.7. The number of hydrogen-bond donors (Lipinski definition) is 1. The normalized spacial score (nSPS) is 10.3. The summed E-state index contributed by atoms with van der Waals surface area (Å²) in [6.45, 7) is 0.956. The zero-order valence-electron chi connectivity index (χ0n) is 10.3. The first kappa shape index (κ1) is 12.4. The van der Waals surface area contributed by atoms with E-state index >= 15 is 0 Å². The molecule has 0 aliphatic carbocycles. The Kier molecular flexibility index (Phi) is 3.79. The highest BCUT2D eigenvalue weighted by molar-refractivity contribution is 5.37. The van der Waals surface area contributed by atoms with Gasteiger partial charge in [-0.05, 0) is 23.8 Å². The number of ether oxygens (including phenoxy) is 1. The summed E-state index contributed by atoms with van der Waals surface area (Å²) < 4.78 is 6.94. The molecule has 0 unspecified atom stereocenters. The lowest BCUT2D eigenvalue weighted by Gasteiger charge is -2.11. The number of benzene rings is 1. The predicted molar refractivity (Wildman–Crippen MR) is 70.7 cm³/mol. The minimum absolute atomic E-state index is 0.0299. The lowest BCUT2D eigenvalue weighted by atomic mass is 10.1. The Morgan fingerprint density at radius 2 is 2.11 bits per heavy atom. The number of rotatable bonds is 4. The van der Waals surface area contributed by atoms with Gasteiger partial charge in [0.25, 0.3) is 5.56 Å². The number of pyridine rings is 1. The topological polar surface area (TPSA) is 57.2 Å². The van der Waals surface area contributed by atoms with Crippen LogP contribution in [0.1, 0.15) is 11.1 Å². The van der Waals surface area contributed by atoms with Crippen molar-refractivity contribution in [2.24, 2.45) is 5.73 Å². The summed E-state index contributed by atoms with van der Waals surface area (Å²) in [5.41, 5.74) is 7.57. The Morgan fingerprint density at radius 3 is 2.78 bits per heavy atom. The van der Waals surface area contributed by atoms with Gasteiger partial charge in [-0.3, -0.25) is 4.79 Å². The van der Waals surface area contributed by atoms with E-state index in [2.05, 4.69) is 0 Å². The molecule has 2 rings (SSSR count). The van der Waals surface area contributed by atoms with Crippen LogP contribution in [0, 0.1) is 0 Å². The van der Waals surface area contributed by atoms with Crippen molar-refractivity contribution in [2.75, 3.05) is 7.11 Å². The molecule has 0 aliphatic heterocycles. The summed E-state index contributed by atoms with van der Waals surface area (Å²) in [5, 5.41) is 0. The first-order chi connectivity index (χ1) is 8.74. The molecule has 94 valence electrons. The fourth-order valence-corrected chi connectivity index (χ4v) is 1.86. The minimum Gasteiger partial charge on any atom is -0.496 e. The second kappa shape index (κ2) is 5.51. The quantitative estimate of drug-likeness (QED) is 0.883. The van der Waals surface area contributed by atoms with E-state index < -0.39 is 0 Å². The summed E-state index contributed by atoms with van der Waals surface area (Å²) >= 11 is 0. The van der Waals surface area contributed by atoms with Gasteiger partial charge in [-0.1, -0.05) is 12.1 Å². The van der Waals surface area contributed by atoms with Gasteiger partial charge in [0.1, 0.15) is 5.75 Å². The largest absolute Gasteiger partial charge is 0.496 e. The molecule has 2 N–H and O–H groups in total. The van der Waals surface area contributed by atoms with Crippen LogP contribution in [-0.2, 0) is 13.1 Å². The molecule has 1 heterocycles. The van der Waals surface area contributed by atoms with Crippen molar-refractivity contribution >= 4 is 0 Å². The molecule has 1 aromatic heterocycles. The van der Waals surface area contributed by atoms with Gasteiger partial charge in [-0.15, -0.1) is 0 Å². The third-order valence-electron chi connectivity index (χ3n) is 2.82. The smallest absolute Gasteiger partial charge is 0.250 e. The van der Waals surface area contributed by atoms with Crippen LogP contribution in [0.4, 0.5) is 0 Å². The van der Waals surface area contributed by atoms with Gasteiger partial charge in [0, 0.05) is 24.4 Å². The molecule has 0 fully saturated rings. The Balaban J connectivity index is 2.38. The van der Waals surface area contributed by atoms with Crippen LogP contribution in [0.3, 0.4) is 0 Å². The van der Waals surface area contributed by atoms with Crippen LogP contribution < -0.4 is 16.0 Å². The first-order valence-corrected chi connectivity index (χ1v) is 5.76. The van der Waals surface area contributed by atoms with E-state index in [1.54, 1.807) is 30.0 Å². The molecule has 1 aromatic carbocycles. The highest BCUT2D eigenvalue weighted by atomic mass is 16.5. The molecule has 0 aliphatic rings. The van der Waals surface area contributed by atoms with E-state index in [-0.39, 0.29) is 5.56 Å². The highest BCUT2D eigenvalue weighted by Crippen LogP contribution is 2.20. The second-order valence-electron chi connectivity index (χ2n) is 4.02. The molecule has 0 radical (unpaired) electrons. The SMILES string of the molecule is COc1ccc(CN)cc1Cn1ccccc1=O. The standard InChI is InChI=1S/C14H16N2O2/c1-18-13-6-5-11(9-15)8-12(13)10-16-7-3-2-4-14(16)17/h2-8H,9-10,15H2,1H3. The van der Waals surface area contributed by atoms with Crippen molar-refractivity contribution in [1.29, 1.82) is 0 Å². The molecule has 4 nitrogen and oxygen atoms in total. The third kappa shape index (κ3) is 2.60. The molecular weight excluding hydrogens is 228 g/mol. The average Bonchev–Trinajstić information content (AvgIpc) is 2.41. The Bertz CT molecular complexity index is 590. The second-order valence-corrected chi connectivity index (χ2v) is 4.02. The zero-order valence-corrected chi connectivity index (χ0v) is 10.3. The van der Waals surface area contributed by atoms with Crippen LogP contribution in [-0.4, -0.2) is 11.7 Å². The van der Waals surface area contributed by atoms with Crippen LogP contribution in [0.15, 0.2) is 47.4 Å². The number of methoxy groups -OCH3 is 1. The van der Waals surface area contributed by atoms with Crippen molar-refractivity contribution in [3.05, 3.63) is 64.1 Å². The lowest BCUT2D eigenvalue weighted by Crippen LogP contribution is -2.18. The Hall–Kier alpha value is -2.07. The molecule has 0 saturated carbocycles. The van der Waals surface area contributed by atoms with Gasteiger partial charge >= 0.3 is 0 Å². The van der Waals surface area contributed by atoms with Crippen LogP contribution in [0.2, 0.25) is 0 Å². The maximum atomic E-state index is 11.7. The van der Waals surface area contributed by atoms with Gasteiger partial charge in [0.2, 0.25) is 0 Å². The van der Waals surface area contributed by atoms with E-state index in [4.69, 9.17) is 10.5 Å². The van der Waals surface area contributed by atoms with Gasteiger partial charge in [0.15, 0.2) is 0 Å². The summed E-state index contributed by atoms with van der Waals surface area (Å²) in [7, 11) is 1.62. The fourth-order valence-electron chi connectivity index (χ4n) is 1.86. The maximum Gasteiger partial charge on any atom is 0.250 e. The molecule has 0 saturated heterocycles. The van der Waals surface area contributed by atoms with Gasteiger partial charge in [0.05, 0.1) is 13.7 Å². The van der Waals surface area contributed by atoms with Crippen molar-refractivity contribution in [3.63, 3.8) is 0 Å². The first-order valence-electron chi connectivity index (χ1n) is 5.76. The van der Waals surface area contributed by atoms with Crippen molar-refractivity contribution in [2.45, 2.75) is 13.1 Å². The predicted octanol–water partition coefficient (Wildman–Crippen LogP) is 1.36. The Morgan fingerprint density at radius 1 is 1.28 bits per heavy atom. The molecular formula is C14H16N2O2. The summed E-state index contributed by atoms with van der Waals surface area (Å²) in [4.78, 5) is 11.7. The zero-order chi connectivity index (χ0) is 13.0. The van der Waals surface area contributed by atoms with E-state index in [0.29, 0.717) is 13.1 Å². The summed E-state index contributed by atoms with van der Waals surface area (Å²) in [6, 6.07) is 10.9. The van der Waals surface area contributed by atoms with E-state index in [0.717, 1.165) is 16.9 Å². The lowest BCUT2D eigenvalue weighted by molar-refractivity contribution is 0.408. The van der Waals surface area contributed by atoms with E-state index in [9.17, 15) is 4.79 Å². The highest BCUT2D eigenvalue weighted by Gasteiger charge is 2.05. The fraction of sp³-hybridized carbons (Fsp3) is 0.214. The van der Waals surface area contributed by atoms with E-state index in [1.165, 1.54) is 0 Å². The monoisotopic (exact) mass is 244 g/mol. The molecule has 4 heteroatoms. The molecule has 0 bridgehead atoms. The molecule has 18 heavy (non-hydrogen) atoms. The van der Waals surface area contributed by atoms with Gasteiger partial charge < -0.3 is 15.0 Å².